The fourth-order valence-electron chi connectivity index (χ4n) is 2.85. The van der Waals surface area contributed by atoms with E-state index in [1.807, 2.05) is 0 Å². The van der Waals surface area contributed by atoms with Gasteiger partial charge in [-0.1, -0.05) is 0 Å². The molecule has 2 aliphatic rings. The number of hydrogen-bond donors (Lipinski definition) is 1. The van der Waals surface area contributed by atoms with Gasteiger partial charge >= 0.3 is 0 Å². The van der Waals surface area contributed by atoms with Crippen molar-refractivity contribution in [3.8, 4) is 0 Å². The monoisotopic (exact) mass is 318 g/mol. The van der Waals surface area contributed by atoms with Crippen molar-refractivity contribution >= 4 is 21.7 Å². The molecule has 8 heteroatoms. The Balaban J connectivity index is 1.83. The van der Waals surface area contributed by atoms with Gasteiger partial charge in [0.25, 0.3) is 0 Å². The quantitative estimate of drug-likeness (QED) is 0.646. The standard InChI is InChI=1S/C13H22N2O5S/c1-20-5-2-4-14-13(17)10-7-12(16)15(8-10)11-3-6-21(18,19)9-11/h10-11H,2-9H2,1H3,(H,14,17). The zero-order valence-electron chi connectivity index (χ0n) is 12.2. The van der Waals surface area contributed by atoms with E-state index in [-0.39, 0.29) is 41.7 Å². The largest absolute Gasteiger partial charge is 0.385 e. The van der Waals surface area contributed by atoms with Crippen LogP contribution < -0.4 is 5.32 Å². The Kier molecular flexibility index (Phi) is 5.21. The first kappa shape index (κ1) is 16.2. The Labute approximate surface area is 124 Å². The van der Waals surface area contributed by atoms with Crippen molar-refractivity contribution in [2.45, 2.75) is 25.3 Å². The van der Waals surface area contributed by atoms with Crippen LogP contribution in [0.4, 0.5) is 0 Å². The summed E-state index contributed by atoms with van der Waals surface area (Å²) in [7, 11) is -1.42. The summed E-state index contributed by atoms with van der Waals surface area (Å²) in [5.41, 5.74) is 0. The Bertz CT molecular complexity index is 505. The Morgan fingerprint density at radius 1 is 1.48 bits per heavy atom. The van der Waals surface area contributed by atoms with Crippen molar-refractivity contribution in [3.05, 3.63) is 0 Å². The predicted octanol–water partition coefficient (Wildman–Crippen LogP) is -0.825. The van der Waals surface area contributed by atoms with Crippen molar-refractivity contribution in [2.75, 3.05) is 38.3 Å². The van der Waals surface area contributed by atoms with Gasteiger partial charge in [0.05, 0.1) is 17.4 Å². The van der Waals surface area contributed by atoms with E-state index in [2.05, 4.69) is 5.32 Å². The number of carbonyl (C=O) groups is 2. The van der Waals surface area contributed by atoms with E-state index in [1.54, 1.807) is 12.0 Å². The molecule has 7 nitrogen and oxygen atoms in total. The summed E-state index contributed by atoms with van der Waals surface area (Å²) >= 11 is 0. The van der Waals surface area contributed by atoms with Crippen LogP contribution in [0.2, 0.25) is 0 Å². The maximum atomic E-state index is 12.0. The van der Waals surface area contributed by atoms with Crippen molar-refractivity contribution < 1.29 is 22.7 Å². The number of nitrogens with zero attached hydrogens (tertiary/aromatic N) is 1. The van der Waals surface area contributed by atoms with E-state index in [1.165, 1.54) is 0 Å². The normalized spacial score (nSPS) is 28.0. The van der Waals surface area contributed by atoms with Gasteiger partial charge in [0.1, 0.15) is 0 Å². The lowest BCUT2D eigenvalue weighted by Gasteiger charge is -2.22. The number of sulfone groups is 1. The second kappa shape index (κ2) is 6.74. The van der Waals surface area contributed by atoms with Gasteiger partial charge in [0.2, 0.25) is 11.8 Å². The molecule has 0 aliphatic carbocycles. The summed E-state index contributed by atoms with van der Waals surface area (Å²) in [6.07, 6.45) is 1.39. The van der Waals surface area contributed by atoms with Gasteiger partial charge in [-0.3, -0.25) is 9.59 Å². The molecule has 2 saturated heterocycles. The van der Waals surface area contributed by atoms with Crippen LogP contribution in [-0.2, 0) is 24.2 Å². The summed E-state index contributed by atoms with van der Waals surface area (Å²) in [5, 5.41) is 2.79. The zero-order chi connectivity index (χ0) is 15.5. The fraction of sp³-hybridized carbons (Fsp3) is 0.846. The third-order valence-corrected chi connectivity index (χ3v) is 5.75. The van der Waals surface area contributed by atoms with Crippen LogP contribution in [0.5, 0.6) is 0 Å². The first-order chi connectivity index (χ1) is 9.93. The minimum Gasteiger partial charge on any atom is -0.385 e. The average Bonchev–Trinajstić information content (AvgIpc) is 2.97. The predicted molar refractivity (Wildman–Crippen MR) is 76.4 cm³/mol. The third-order valence-electron chi connectivity index (χ3n) is 4.00. The maximum absolute atomic E-state index is 12.0. The van der Waals surface area contributed by atoms with Crippen LogP contribution in [0.25, 0.3) is 0 Å². The molecule has 2 unspecified atom stereocenters. The van der Waals surface area contributed by atoms with E-state index in [0.29, 0.717) is 26.1 Å². The third kappa shape index (κ3) is 4.16. The molecule has 0 bridgehead atoms. The highest BCUT2D eigenvalue weighted by atomic mass is 32.2. The summed E-state index contributed by atoms with van der Waals surface area (Å²) < 4.78 is 27.9. The molecule has 0 saturated carbocycles. The van der Waals surface area contributed by atoms with Crippen LogP contribution in [-0.4, -0.2) is 69.5 Å². The number of amides is 2. The Morgan fingerprint density at radius 3 is 2.86 bits per heavy atom. The minimum absolute atomic E-state index is 0.0287. The molecule has 0 spiro atoms. The SMILES string of the molecule is COCCCNC(=O)C1CC(=O)N(C2CCS(=O)(=O)C2)C1. The van der Waals surface area contributed by atoms with Gasteiger partial charge in [-0.05, 0) is 12.8 Å². The number of nitrogens with one attached hydrogen (secondary N) is 1. The molecule has 21 heavy (non-hydrogen) atoms. The van der Waals surface area contributed by atoms with Gasteiger partial charge in [-0.15, -0.1) is 0 Å². The topological polar surface area (TPSA) is 92.8 Å². The van der Waals surface area contributed by atoms with Crippen molar-refractivity contribution in [1.29, 1.82) is 0 Å². The Hall–Kier alpha value is -1.15. The number of likely N-dealkylation sites (tertiary alicyclic amines) is 1. The molecule has 120 valence electrons. The molecule has 2 fully saturated rings. The summed E-state index contributed by atoms with van der Waals surface area (Å²) in [4.78, 5) is 25.6. The van der Waals surface area contributed by atoms with Crippen LogP contribution in [0.3, 0.4) is 0 Å². The highest BCUT2D eigenvalue weighted by Gasteiger charge is 2.41. The molecular formula is C13H22N2O5S. The first-order valence-corrected chi connectivity index (χ1v) is 9.01. The smallest absolute Gasteiger partial charge is 0.225 e. The molecule has 0 radical (unpaired) electrons. The van der Waals surface area contributed by atoms with Crippen molar-refractivity contribution in [2.24, 2.45) is 5.92 Å². The van der Waals surface area contributed by atoms with Gasteiger partial charge in [-0.2, -0.15) is 0 Å². The van der Waals surface area contributed by atoms with Gasteiger partial charge in [-0.25, -0.2) is 8.42 Å². The van der Waals surface area contributed by atoms with Crippen molar-refractivity contribution in [3.63, 3.8) is 0 Å². The number of carbonyl (C=O) groups excluding carboxylic acids is 2. The summed E-state index contributed by atoms with van der Waals surface area (Å²) in [6, 6.07) is -0.256. The number of ether oxygens (including phenoxy) is 1. The second-order valence-corrected chi connectivity index (χ2v) is 7.87. The Morgan fingerprint density at radius 2 is 2.24 bits per heavy atom. The highest BCUT2D eigenvalue weighted by Crippen LogP contribution is 2.26. The summed E-state index contributed by atoms with van der Waals surface area (Å²) in [6.45, 7) is 1.43. The highest BCUT2D eigenvalue weighted by molar-refractivity contribution is 7.91. The molecule has 2 heterocycles. The number of rotatable bonds is 6. The summed E-state index contributed by atoms with van der Waals surface area (Å²) in [5.74, 6) is -0.462. The minimum atomic E-state index is -3.02. The molecular weight excluding hydrogens is 296 g/mol. The molecule has 0 aromatic heterocycles. The van der Waals surface area contributed by atoms with Crippen molar-refractivity contribution in [1.82, 2.24) is 10.2 Å². The molecule has 2 aliphatic heterocycles. The zero-order valence-corrected chi connectivity index (χ0v) is 13.0. The van der Waals surface area contributed by atoms with Gasteiger partial charge in [0, 0.05) is 39.3 Å². The first-order valence-electron chi connectivity index (χ1n) is 7.19. The van der Waals surface area contributed by atoms with E-state index in [4.69, 9.17) is 4.74 Å². The lowest BCUT2D eigenvalue weighted by atomic mass is 10.1. The molecule has 2 atom stereocenters. The lowest BCUT2D eigenvalue weighted by Crippen LogP contribution is -2.39. The fourth-order valence-corrected chi connectivity index (χ4v) is 4.58. The number of hydrogen-bond acceptors (Lipinski definition) is 5. The van der Waals surface area contributed by atoms with Gasteiger partial charge in [0.15, 0.2) is 9.84 Å². The van der Waals surface area contributed by atoms with Gasteiger partial charge < -0.3 is 15.0 Å². The molecule has 1 N–H and O–H groups in total. The van der Waals surface area contributed by atoms with Crippen LogP contribution in [0.1, 0.15) is 19.3 Å². The maximum Gasteiger partial charge on any atom is 0.225 e. The van der Waals surface area contributed by atoms with E-state index < -0.39 is 9.84 Å². The molecule has 2 rings (SSSR count). The molecule has 2 amide bonds. The van der Waals surface area contributed by atoms with Crippen LogP contribution in [0.15, 0.2) is 0 Å². The second-order valence-electron chi connectivity index (χ2n) is 5.64. The molecule has 0 aromatic rings. The average molecular weight is 318 g/mol. The van der Waals surface area contributed by atoms with E-state index in [0.717, 1.165) is 6.42 Å². The van der Waals surface area contributed by atoms with Crippen LogP contribution in [0, 0.1) is 5.92 Å². The van der Waals surface area contributed by atoms with Crippen LogP contribution >= 0.6 is 0 Å². The van der Waals surface area contributed by atoms with E-state index >= 15 is 0 Å². The van der Waals surface area contributed by atoms with E-state index in [9.17, 15) is 18.0 Å². The lowest BCUT2D eigenvalue weighted by molar-refractivity contribution is -0.130. The number of methoxy groups -OCH3 is 1. The molecule has 0 aromatic carbocycles.